The standard InChI is InChI=1S/C19H21F2N5/c1-4-9-26-11-15(13(3)25-26)17-7-8-22-19(24-17)23-10-14-16(20)6-5-12(2)18(14)21/h5-8,11H,4,9-10H2,1-3H3,(H,22,23,24). The van der Waals surface area contributed by atoms with Crippen molar-refractivity contribution in [2.75, 3.05) is 5.32 Å². The minimum Gasteiger partial charge on any atom is -0.350 e. The van der Waals surface area contributed by atoms with Gasteiger partial charge in [0.1, 0.15) is 11.6 Å². The van der Waals surface area contributed by atoms with E-state index in [1.165, 1.54) is 12.1 Å². The summed E-state index contributed by atoms with van der Waals surface area (Å²) in [6.45, 7) is 6.42. The summed E-state index contributed by atoms with van der Waals surface area (Å²) in [7, 11) is 0. The first-order valence-electron chi connectivity index (χ1n) is 8.54. The van der Waals surface area contributed by atoms with Crippen LogP contribution in [0.1, 0.15) is 30.2 Å². The van der Waals surface area contributed by atoms with E-state index in [9.17, 15) is 8.78 Å². The van der Waals surface area contributed by atoms with Gasteiger partial charge in [-0.2, -0.15) is 5.10 Å². The Labute approximate surface area is 151 Å². The number of benzene rings is 1. The summed E-state index contributed by atoms with van der Waals surface area (Å²) in [6, 6.07) is 4.47. The van der Waals surface area contributed by atoms with Gasteiger partial charge in [0.05, 0.1) is 11.4 Å². The van der Waals surface area contributed by atoms with E-state index in [4.69, 9.17) is 0 Å². The van der Waals surface area contributed by atoms with Gasteiger partial charge < -0.3 is 5.32 Å². The molecule has 0 atom stereocenters. The number of halogens is 2. The molecule has 136 valence electrons. The molecule has 2 heterocycles. The van der Waals surface area contributed by atoms with Gasteiger partial charge in [0.25, 0.3) is 0 Å². The van der Waals surface area contributed by atoms with Crippen molar-refractivity contribution in [3.8, 4) is 11.3 Å². The van der Waals surface area contributed by atoms with Crippen LogP contribution in [0.4, 0.5) is 14.7 Å². The second-order valence-corrected chi connectivity index (χ2v) is 6.17. The van der Waals surface area contributed by atoms with Gasteiger partial charge >= 0.3 is 0 Å². The molecule has 0 amide bonds. The van der Waals surface area contributed by atoms with E-state index in [1.807, 2.05) is 17.8 Å². The number of nitrogens with one attached hydrogen (secondary N) is 1. The van der Waals surface area contributed by atoms with Gasteiger partial charge in [0.2, 0.25) is 5.95 Å². The zero-order valence-electron chi connectivity index (χ0n) is 15.1. The fourth-order valence-corrected chi connectivity index (χ4v) is 2.75. The Morgan fingerprint density at radius 2 is 1.96 bits per heavy atom. The van der Waals surface area contributed by atoms with E-state index in [2.05, 4.69) is 27.3 Å². The minimum atomic E-state index is -0.589. The van der Waals surface area contributed by atoms with E-state index < -0.39 is 11.6 Å². The zero-order valence-corrected chi connectivity index (χ0v) is 15.1. The summed E-state index contributed by atoms with van der Waals surface area (Å²) in [4.78, 5) is 8.59. The van der Waals surface area contributed by atoms with Gasteiger partial charge in [-0.1, -0.05) is 13.0 Å². The Morgan fingerprint density at radius 3 is 2.73 bits per heavy atom. The molecule has 5 nitrogen and oxygen atoms in total. The molecule has 1 aromatic carbocycles. The highest BCUT2D eigenvalue weighted by molar-refractivity contribution is 5.61. The number of anilines is 1. The van der Waals surface area contributed by atoms with Crippen LogP contribution >= 0.6 is 0 Å². The van der Waals surface area contributed by atoms with Crippen LogP contribution in [0.2, 0.25) is 0 Å². The first kappa shape index (κ1) is 18.0. The maximum Gasteiger partial charge on any atom is 0.223 e. The quantitative estimate of drug-likeness (QED) is 0.716. The van der Waals surface area contributed by atoms with Crippen LogP contribution in [0.15, 0.2) is 30.6 Å². The monoisotopic (exact) mass is 357 g/mol. The lowest BCUT2D eigenvalue weighted by Gasteiger charge is -2.09. The molecule has 3 rings (SSSR count). The number of hydrogen-bond donors (Lipinski definition) is 1. The van der Waals surface area contributed by atoms with Crippen molar-refractivity contribution >= 4 is 5.95 Å². The first-order chi connectivity index (χ1) is 12.5. The lowest BCUT2D eigenvalue weighted by Crippen LogP contribution is -2.08. The molecule has 3 aromatic rings. The third-order valence-corrected chi connectivity index (χ3v) is 4.13. The smallest absolute Gasteiger partial charge is 0.223 e. The molecule has 26 heavy (non-hydrogen) atoms. The number of nitrogens with zero attached hydrogens (tertiary/aromatic N) is 4. The maximum atomic E-state index is 14.1. The highest BCUT2D eigenvalue weighted by Crippen LogP contribution is 2.22. The van der Waals surface area contributed by atoms with Crippen molar-refractivity contribution in [3.63, 3.8) is 0 Å². The lowest BCUT2D eigenvalue weighted by molar-refractivity contribution is 0.554. The van der Waals surface area contributed by atoms with Crippen molar-refractivity contribution in [2.24, 2.45) is 0 Å². The van der Waals surface area contributed by atoms with Crippen molar-refractivity contribution in [1.82, 2.24) is 19.7 Å². The number of aryl methyl sites for hydroxylation is 3. The molecule has 0 aliphatic rings. The van der Waals surface area contributed by atoms with Gasteiger partial charge in [-0.05, 0) is 38.0 Å². The van der Waals surface area contributed by atoms with E-state index in [-0.39, 0.29) is 12.1 Å². The van der Waals surface area contributed by atoms with Crippen LogP contribution in [0.25, 0.3) is 11.3 Å². The molecule has 0 bridgehead atoms. The zero-order chi connectivity index (χ0) is 18.7. The summed E-state index contributed by atoms with van der Waals surface area (Å²) in [5, 5.41) is 7.37. The van der Waals surface area contributed by atoms with Gasteiger partial charge in [-0.25, -0.2) is 18.7 Å². The van der Waals surface area contributed by atoms with Gasteiger partial charge in [0, 0.05) is 36.6 Å². The van der Waals surface area contributed by atoms with Crippen LogP contribution in [-0.4, -0.2) is 19.7 Å². The summed E-state index contributed by atoms with van der Waals surface area (Å²) < 4.78 is 29.9. The summed E-state index contributed by atoms with van der Waals surface area (Å²) in [5.41, 5.74) is 2.88. The van der Waals surface area contributed by atoms with Crippen molar-refractivity contribution in [1.29, 1.82) is 0 Å². The second-order valence-electron chi connectivity index (χ2n) is 6.17. The van der Waals surface area contributed by atoms with Gasteiger partial charge in [-0.3, -0.25) is 4.68 Å². The van der Waals surface area contributed by atoms with Crippen molar-refractivity contribution < 1.29 is 8.78 Å². The molecular weight excluding hydrogens is 336 g/mol. The Hall–Kier alpha value is -2.83. The average molecular weight is 357 g/mol. The highest BCUT2D eigenvalue weighted by Gasteiger charge is 2.13. The predicted molar refractivity (Wildman–Crippen MR) is 96.7 cm³/mol. The Bertz CT molecular complexity index is 920. The summed E-state index contributed by atoms with van der Waals surface area (Å²) in [6.07, 6.45) is 4.56. The van der Waals surface area contributed by atoms with E-state index in [0.717, 1.165) is 24.2 Å². The van der Waals surface area contributed by atoms with Crippen LogP contribution in [0.5, 0.6) is 0 Å². The van der Waals surface area contributed by atoms with Gasteiger partial charge in [0.15, 0.2) is 0 Å². The topological polar surface area (TPSA) is 55.6 Å². The van der Waals surface area contributed by atoms with E-state index in [1.54, 1.807) is 19.2 Å². The minimum absolute atomic E-state index is 0.0223. The number of rotatable bonds is 6. The fourth-order valence-electron chi connectivity index (χ4n) is 2.75. The molecule has 0 aliphatic heterocycles. The molecule has 1 N–H and O–H groups in total. The lowest BCUT2D eigenvalue weighted by atomic mass is 10.1. The first-order valence-corrected chi connectivity index (χ1v) is 8.54. The van der Waals surface area contributed by atoms with Crippen LogP contribution in [0, 0.1) is 25.5 Å². The van der Waals surface area contributed by atoms with Crippen molar-refractivity contribution in [2.45, 2.75) is 40.3 Å². The SMILES string of the molecule is CCCn1cc(-c2ccnc(NCc3c(F)ccc(C)c3F)n2)c(C)n1. The Morgan fingerprint density at radius 1 is 1.15 bits per heavy atom. The van der Waals surface area contributed by atoms with Gasteiger partial charge in [-0.15, -0.1) is 0 Å². The molecule has 0 aliphatic carbocycles. The Balaban J connectivity index is 1.81. The summed E-state index contributed by atoms with van der Waals surface area (Å²) >= 11 is 0. The molecule has 0 radical (unpaired) electrons. The molecular formula is C19H21F2N5. The third-order valence-electron chi connectivity index (χ3n) is 4.13. The van der Waals surface area contributed by atoms with Crippen molar-refractivity contribution in [3.05, 3.63) is 59.0 Å². The van der Waals surface area contributed by atoms with E-state index >= 15 is 0 Å². The molecule has 2 aromatic heterocycles. The fraction of sp³-hybridized carbons (Fsp3) is 0.316. The van der Waals surface area contributed by atoms with Crippen LogP contribution in [0.3, 0.4) is 0 Å². The number of aromatic nitrogens is 4. The summed E-state index contributed by atoms with van der Waals surface area (Å²) in [5.74, 6) is -0.829. The molecule has 0 saturated heterocycles. The Kier molecular flexibility index (Phi) is 5.25. The maximum absolute atomic E-state index is 14.1. The van der Waals surface area contributed by atoms with Crippen LogP contribution < -0.4 is 5.32 Å². The van der Waals surface area contributed by atoms with Crippen LogP contribution in [-0.2, 0) is 13.1 Å². The highest BCUT2D eigenvalue weighted by atomic mass is 19.1. The molecule has 0 fully saturated rings. The van der Waals surface area contributed by atoms with E-state index in [0.29, 0.717) is 17.2 Å². The largest absolute Gasteiger partial charge is 0.350 e. The predicted octanol–water partition coefficient (Wildman–Crippen LogP) is 4.26. The molecule has 0 spiro atoms. The molecule has 0 saturated carbocycles. The number of hydrogen-bond acceptors (Lipinski definition) is 4. The third kappa shape index (κ3) is 3.71. The average Bonchev–Trinajstić information content (AvgIpc) is 2.99. The molecule has 0 unspecified atom stereocenters. The normalized spacial score (nSPS) is 11.0. The second kappa shape index (κ2) is 7.59. The molecule has 7 heteroatoms.